The van der Waals surface area contributed by atoms with Crippen LogP contribution in [0.1, 0.15) is 0 Å². The highest BCUT2D eigenvalue weighted by Gasteiger charge is 2.39. The first kappa shape index (κ1) is 16.0. The van der Waals surface area contributed by atoms with Crippen molar-refractivity contribution >= 4 is 35.3 Å². The molecular weight excluding hydrogens is 324 g/mol. The van der Waals surface area contributed by atoms with E-state index in [1.54, 1.807) is 0 Å². The summed E-state index contributed by atoms with van der Waals surface area (Å²) in [6.07, 6.45) is -1.51. The van der Waals surface area contributed by atoms with Crippen LogP contribution in [0.3, 0.4) is 0 Å². The van der Waals surface area contributed by atoms with Crippen LogP contribution in [0.25, 0.3) is 0 Å². The maximum Gasteiger partial charge on any atom is 0.415 e. The van der Waals surface area contributed by atoms with Gasteiger partial charge in [-0.1, -0.05) is 11.6 Å². The molecule has 118 valence electrons. The summed E-state index contributed by atoms with van der Waals surface area (Å²) in [6, 6.07) is -0.213. The highest BCUT2D eigenvalue weighted by molar-refractivity contribution is 6.31. The van der Waals surface area contributed by atoms with Crippen molar-refractivity contribution in [3.63, 3.8) is 0 Å². The predicted octanol–water partition coefficient (Wildman–Crippen LogP) is 1.65. The maximum atomic E-state index is 13.9. The lowest BCUT2D eigenvalue weighted by atomic mass is 10.2. The first-order chi connectivity index (χ1) is 10.2. The molecule has 1 aliphatic rings. The molecule has 0 aromatic heterocycles. The van der Waals surface area contributed by atoms with E-state index in [0.29, 0.717) is 4.90 Å². The molecule has 2 N–H and O–H groups in total. The van der Waals surface area contributed by atoms with Crippen molar-refractivity contribution in [2.24, 2.45) is 0 Å². The molecule has 0 radical (unpaired) electrons. The van der Waals surface area contributed by atoms with Gasteiger partial charge < -0.3 is 15.3 Å². The van der Waals surface area contributed by atoms with Crippen molar-refractivity contribution in [1.29, 1.82) is 0 Å². The van der Waals surface area contributed by atoms with Crippen LogP contribution in [0.5, 0.6) is 0 Å². The van der Waals surface area contributed by atoms with Gasteiger partial charge >= 0.3 is 12.1 Å². The molecule has 0 bridgehead atoms. The van der Waals surface area contributed by atoms with Gasteiger partial charge in [0.2, 0.25) is 0 Å². The molecule has 1 fully saturated rings. The molecular formula is C12H10ClF2N3O4. The topological polar surface area (TPSA) is 90.0 Å². The van der Waals surface area contributed by atoms with Crippen molar-refractivity contribution in [3.05, 3.63) is 28.8 Å². The van der Waals surface area contributed by atoms with Crippen LogP contribution in [-0.2, 0) is 4.79 Å². The summed E-state index contributed by atoms with van der Waals surface area (Å²) in [7, 11) is 1.20. The van der Waals surface area contributed by atoms with Crippen molar-refractivity contribution in [2.45, 2.75) is 6.04 Å². The highest BCUT2D eigenvalue weighted by Crippen LogP contribution is 2.28. The Bertz CT molecular complexity index is 670. The molecule has 2 rings (SSSR count). The van der Waals surface area contributed by atoms with E-state index in [9.17, 15) is 23.2 Å². The van der Waals surface area contributed by atoms with Crippen LogP contribution in [0.2, 0.25) is 5.02 Å². The van der Waals surface area contributed by atoms with Gasteiger partial charge in [-0.25, -0.2) is 23.3 Å². The predicted molar refractivity (Wildman–Crippen MR) is 71.8 cm³/mol. The van der Waals surface area contributed by atoms with E-state index in [0.717, 1.165) is 17.0 Å². The number of urea groups is 1. The van der Waals surface area contributed by atoms with Gasteiger partial charge in [0.15, 0.2) is 5.82 Å². The van der Waals surface area contributed by atoms with E-state index in [1.807, 2.05) is 0 Å². The molecule has 1 saturated heterocycles. The molecule has 0 spiro atoms. The number of carbonyl (C=O) groups is 3. The number of benzene rings is 1. The Morgan fingerprint density at radius 1 is 1.45 bits per heavy atom. The zero-order valence-corrected chi connectivity index (χ0v) is 11.9. The zero-order valence-electron chi connectivity index (χ0n) is 11.1. The monoisotopic (exact) mass is 333 g/mol. The molecule has 7 nitrogen and oxygen atoms in total. The lowest BCUT2D eigenvalue weighted by Gasteiger charge is -2.21. The Morgan fingerprint density at radius 3 is 2.64 bits per heavy atom. The summed E-state index contributed by atoms with van der Waals surface area (Å²) in [5.74, 6) is -2.87. The Hall–Kier alpha value is -2.42. The van der Waals surface area contributed by atoms with E-state index in [2.05, 4.69) is 5.32 Å². The lowest BCUT2D eigenvalue weighted by molar-refractivity contribution is -0.119. The normalized spacial score (nSPS) is 17.4. The van der Waals surface area contributed by atoms with E-state index in [4.69, 9.17) is 16.7 Å². The first-order valence-electron chi connectivity index (χ1n) is 5.96. The van der Waals surface area contributed by atoms with Gasteiger partial charge in [-0.2, -0.15) is 0 Å². The molecule has 0 aliphatic carbocycles. The minimum atomic E-state index is -1.51. The Labute approximate surface area is 128 Å². The fraction of sp³-hybridized carbons (Fsp3) is 0.250. The molecule has 1 atom stereocenters. The van der Waals surface area contributed by atoms with Crippen LogP contribution in [0.4, 0.5) is 24.1 Å². The second-order valence-electron chi connectivity index (χ2n) is 4.49. The molecule has 4 amide bonds. The average Bonchev–Trinajstić information content (AvgIpc) is 2.85. The first-order valence-corrected chi connectivity index (χ1v) is 6.34. The molecule has 0 saturated carbocycles. The van der Waals surface area contributed by atoms with Gasteiger partial charge in [0, 0.05) is 7.05 Å². The highest BCUT2D eigenvalue weighted by atomic mass is 35.5. The molecule has 1 aliphatic heterocycles. The summed E-state index contributed by atoms with van der Waals surface area (Å²) in [5, 5.41) is 10.2. The van der Waals surface area contributed by atoms with Crippen LogP contribution >= 0.6 is 11.6 Å². The third kappa shape index (κ3) is 2.67. The van der Waals surface area contributed by atoms with Crippen LogP contribution in [0, 0.1) is 11.6 Å². The second kappa shape index (κ2) is 5.76. The quantitative estimate of drug-likeness (QED) is 0.805. The van der Waals surface area contributed by atoms with Crippen molar-refractivity contribution < 1.29 is 28.3 Å². The Balaban J connectivity index is 2.22. The number of amides is 4. The summed E-state index contributed by atoms with van der Waals surface area (Å²) in [6.45, 7) is -0.409. The van der Waals surface area contributed by atoms with E-state index in [-0.39, 0.29) is 5.69 Å². The third-order valence-electron chi connectivity index (χ3n) is 3.14. The van der Waals surface area contributed by atoms with Gasteiger partial charge in [0.05, 0.1) is 12.2 Å². The molecule has 1 aromatic carbocycles. The van der Waals surface area contributed by atoms with E-state index in [1.165, 1.54) is 7.05 Å². The van der Waals surface area contributed by atoms with Gasteiger partial charge in [0.25, 0.3) is 5.91 Å². The molecule has 1 aromatic rings. The summed E-state index contributed by atoms with van der Waals surface area (Å²) in [4.78, 5) is 35.6. The standard InChI is InChI=1S/C12H10ClF2N3O4/c1-17(7-3-2-5(14)8(13)9(7)15)10(19)6-4-18(12(21)22)11(20)16-6/h2-3,6H,4H2,1H3,(H,16,20)(H,21,22)/t6-/m0/s1. The number of anilines is 1. The summed E-state index contributed by atoms with van der Waals surface area (Å²) >= 11 is 5.44. The summed E-state index contributed by atoms with van der Waals surface area (Å²) < 4.78 is 27.0. The molecule has 22 heavy (non-hydrogen) atoms. The van der Waals surface area contributed by atoms with Crippen LogP contribution in [-0.4, -0.2) is 47.7 Å². The summed E-state index contributed by atoms with van der Waals surface area (Å²) in [5.41, 5.74) is -0.292. The fourth-order valence-corrected chi connectivity index (χ4v) is 2.13. The number of hydrogen-bond donors (Lipinski definition) is 2. The number of carboxylic acid groups (broad SMARTS) is 1. The van der Waals surface area contributed by atoms with Crippen LogP contribution in [0.15, 0.2) is 12.1 Å². The SMILES string of the molecule is CN(C(=O)[C@@H]1CN(C(=O)O)C(=O)N1)c1ccc(F)c(Cl)c1F. The smallest absolute Gasteiger partial charge is 0.415 e. The minimum absolute atomic E-state index is 0.292. The molecule has 1 heterocycles. The van der Waals surface area contributed by atoms with Crippen molar-refractivity contribution in [1.82, 2.24) is 10.2 Å². The van der Waals surface area contributed by atoms with Gasteiger partial charge in [-0.05, 0) is 12.1 Å². The fourth-order valence-electron chi connectivity index (χ4n) is 1.97. The second-order valence-corrected chi connectivity index (χ2v) is 4.86. The van der Waals surface area contributed by atoms with E-state index < -0.39 is 47.3 Å². The Kier molecular flexibility index (Phi) is 4.18. The number of nitrogens with zero attached hydrogens (tertiary/aromatic N) is 2. The number of carbonyl (C=O) groups excluding carboxylic acids is 2. The lowest BCUT2D eigenvalue weighted by Crippen LogP contribution is -2.44. The minimum Gasteiger partial charge on any atom is -0.465 e. The van der Waals surface area contributed by atoms with E-state index >= 15 is 0 Å². The maximum absolute atomic E-state index is 13.9. The number of halogens is 3. The third-order valence-corrected chi connectivity index (χ3v) is 3.49. The number of likely N-dealkylation sites (N-methyl/N-ethyl adjacent to an activating group) is 1. The largest absolute Gasteiger partial charge is 0.465 e. The zero-order chi connectivity index (χ0) is 16.6. The van der Waals surface area contributed by atoms with Gasteiger partial charge in [0.1, 0.15) is 16.9 Å². The molecule has 0 unspecified atom stereocenters. The Morgan fingerprint density at radius 2 is 2.09 bits per heavy atom. The van der Waals surface area contributed by atoms with Crippen LogP contribution < -0.4 is 10.2 Å². The van der Waals surface area contributed by atoms with Gasteiger partial charge in [-0.15, -0.1) is 0 Å². The van der Waals surface area contributed by atoms with Crippen molar-refractivity contribution in [3.8, 4) is 0 Å². The molecule has 10 heteroatoms. The number of rotatable bonds is 2. The number of imide groups is 1. The average molecular weight is 334 g/mol. The van der Waals surface area contributed by atoms with Crippen molar-refractivity contribution in [2.75, 3.05) is 18.5 Å². The van der Waals surface area contributed by atoms with Gasteiger partial charge in [-0.3, -0.25) is 4.79 Å². The number of hydrogen-bond acceptors (Lipinski definition) is 3. The number of nitrogens with one attached hydrogen (secondary N) is 1.